The number of Topliss-reactive ketones (excluding diaryl/α,β-unsaturated/α-hetero) is 1. The van der Waals surface area contributed by atoms with Gasteiger partial charge in [0.05, 0.1) is 11.1 Å². The molecule has 0 radical (unpaired) electrons. The lowest BCUT2D eigenvalue weighted by Crippen LogP contribution is -2.33. The molecule has 0 bridgehead atoms. The van der Waals surface area contributed by atoms with E-state index in [1.165, 1.54) is 4.90 Å². The molecule has 3 aromatic rings. The Hall–Kier alpha value is -4.01. The average molecular weight is 478 g/mol. The van der Waals surface area contributed by atoms with Gasteiger partial charge in [-0.25, -0.2) is 0 Å². The van der Waals surface area contributed by atoms with Crippen molar-refractivity contribution in [1.29, 1.82) is 0 Å². The number of ketones is 1. The van der Waals surface area contributed by atoms with Gasteiger partial charge >= 0.3 is 0 Å². The van der Waals surface area contributed by atoms with Crippen molar-refractivity contribution in [2.75, 3.05) is 6.54 Å². The van der Waals surface area contributed by atoms with E-state index in [0.29, 0.717) is 29.7 Å². The number of imide groups is 1. The van der Waals surface area contributed by atoms with Crippen molar-refractivity contribution in [1.82, 2.24) is 4.90 Å². The van der Waals surface area contributed by atoms with E-state index in [2.05, 4.69) is 38.6 Å². The summed E-state index contributed by atoms with van der Waals surface area (Å²) in [7, 11) is 0. The molecule has 4 rings (SSSR count). The highest BCUT2D eigenvalue weighted by Gasteiger charge is 2.35. The minimum absolute atomic E-state index is 0.0401. The Kier molecular flexibility index (Phi) is 7.19. The number of hydrogen-bond donors (Lipinski definition) is 0. The number of rotatable bonds is 8. The second-order valence-corrected chi connectivity index (χ2v) is 10.2. The monoisotopic (exact) mass is 477 g/mol. The van der Waals surface area contributed by atoms with Gasteiger partial charge in [-0.3, -0.25) is 19.3 Å². The molecule has 1 heterocycles. The molecule has 0 fully saturated rings. The first-order valence-electron chi connectivity index (χ1n) is 12.2. The molecule has 0 saturated carbocycles. The Morgan fingerprint density at radius 2 is 1.25 bits per heavy atom. The molecular weight excluding hydrogens is 446 g/mol. The van der Waals surface area contributed by atoms with E-state index < -0.39 is 0 Å². The molecular formula is C32H31NO3. The number of fused-ring (bicyclic) bond motifs is 1. The van der Waals surface area contributed by atoms with Crippen LogP contribution in [0.15, 0.2) is 90.2 Å². The molecule has 182 valence electrons. The third-order valence-electron chi connectivity index (χ3n) is 6.62. The summed E-state index contributed by atoms with van der Waals surface area (Å²) in [5, 5.41) is 0. The van der Waals surface area contributed by atoms with E-state index in [1.54, 1.807) is 31.2 Å². The summed E-state index contributed by atoms with van der Waals surface area (Å²) in [5.74, 6) is -0.379. The van der Waals surface area contributed by atoms with Gasteiger partial charge in [0.1, 0.15) is 0 Å². The number of hydrogen-bond acceptors (Lipinski definition) is 3. The quantitative estimate of drug-likeness (QED) is 0.200. The van der Waals surface area contributed by atoms with Crippen molar-refractivity contribution in [2.45, 2.75) is 40.5 Å². The van der Waals surface area contributed by atoms with Gasteiger partial charge in [-0.05, 0) is 60.9 Å². The predicted octanol–water partition coefficient (Wildman–Crippen LogP) is 6.97. The fourth-order valence-electron chi connectivity index (χ4n) is 4.71. The van der Waals surface area contributed by atoms with Crippen LogP contribution < -0.4 is 0 Å². The van der Waals surface area contributed by atoms with Crippen LogP contribution in [0.25, 0.3) is 5.57 Å². The Labute approximate surface area is 213 Å². The molecule has 1 aliphatic rings. The maximum absolute atomic E-state index is 12.7. The van der Waals surface area contributed by atoms with Crippen LogP contribution in [0.1, 0.15) is 82.7 Å². The van der Waals surface area contributed by atoms with Crippen LogP contribution >= 0.6 is 0 Å². The predicted molar refractivity (Wildman–Crippen MR) is 143 cm³/mol. The zero-order chi connectivity index (χ0) is 25.9. The topological polar surface area (TPSA) is 54.5 Å². The zero-order valence-electron chi connectivity index (χ0n) is 21.3. The molecule has 0 aromatic heterocycles. The van der Waals surface area contributed by atoms with E-state index in [0.717, 1.165) is 28.7 Å². The summed E-state index contributed by atoms with van der Waals surface area (Å²) in [6.45, 7) is 8.32. The summed E-state index contributed by atoms with van der Waals surface area (Å²) in [6, 6.07) is 24.7. The van der Waals surface area contributed by atoms with Gasteiger partial charge in [-0.15, -0.1) is 5.73 Å². The molecule has 2 amide bonds. The number of benzene rings is 3. The summed E-state index contributed by atoms with van der Waals surface area (Å²) in [6.07, 6.45) is 1.45. The molecule has 4 nitrogen and oxygen atoms in total. The summed E-state index contributed by atoms with van der Waals surface area (Å²) < 4.78 is 0. The van der Waals surface area contributed by atoms with E-state index in [4.69, 9.17) is 0 Å². The number of nitrogens with zero attached hydrogens (tertiary/aromatic N) is 1. The van der Waals surface area contributed by atoms with Crippen LogP contribution in [0.3, 0.4) is 0 Å². The third kappa shape index (κ3) is 5.45. The first-order chi connectivity index (χ1) is 17.2. The first-order valence-corrected chi connectivity index (χ1v) is 12.2. The standard InChI is InChI=1S/C32H31NO3/c1-22(20-29(25-10-6-5-7-11-25)26-16-14-24(15-17-26)23(2)34)21-32(3,4)18-19-33-30(35)27-12-8-9-13-28(27)31(33)36/h5-17H,18-19,21H2,1-4H3. The van der Waals surface area contributed by atoms with Crippen molar-refractivity contribution in [3.05, 3.63) is 118 Å². The molecule has 0 unspecified atom stereocenters. The van der Waals surface area contributed by atoms with E-state index in [-0.39, 0.29) is 23.0 Å². The Bertz CT molecular complexity index is 1340. The SMILES string of the molecule is CC(=O)c1ccc(C(=C=C(C)CC(C)(C)CCN2C(=O)c3ccccc3C2=O)c2ccccc2)cc1. The number of carbonyl (C=O) groups excluding carboxylic acids is 3. The molecule has 0 spiro atoms. The summed E-state index contributed by atoms with van der Waals surface area (Å²) >= 11 is 0. The Morgan fingerprint density at radius 1 is 0.750 bits per heavy atom. The van der Waals surface area contributed by atoms with E-state index in [1.807, 2.05) is 42.5 Å². The second kappa shape index (κ2) is 10.3. The third-order valence-corrected chi connectivity index (χ3v) is 6.62. The van der Waals surface area contributed by atoms with Crippen molar-refractivity contribution in [3.63, 3.8) is 0 Å². The van der Waals surface area contributed by atoms with Gasteiger partial charge < -0.3 is 0 Å². The Morgan fingerprint density at radius 3 is 1.81 bits per heavy atom. The lowest BCUT2D eigenvalue weighted by molar-refractivity contribution is 0.0635. The van der Waals surface area contributed by atoms with E-state index in [9.17, 15) is 14.4 Å². The van der Waals surface area contributed by atoms with Crippen LogP contribution in [0, 0.1) is 5.41 Å². The molecule has 0 aliphatic carbocycles. The number of carbonyl (C=O) groups is 3. The van der Waals surface area contributed by atoms with Crippen LogP contribution in [0.4, 0.5) is 0 Å². The van der Waals surface area contributed by atoms with Gasteiger partial charge in [0.25, 0.3) is 11.8 Å². The van der Waals surface area contributed by atoms with Gasteiger partial charge in [0.2, 0.25) is 0 Å². The lowest BCUT2D eigenvalue weighted by Gasteiger charge is -2.27. The molecule has 4 heteroatoms. The minimum Gasteiger partial charge on any atom is -0.295 e. The fraction of sp³-hybridized carbons (Fsp3) is 0.250. The highest BCUT2D eigenvalue weighted by Crippen LogP contribution is 2.32. The maximum atomic E-state index is 12.7. The van der Waals surface area contributed by atoms with Crippen molar-refractivity contribution >= 4 is 23.2 Å². The van der Waals surface area contributed by atoms with Crippen LogP contribution in [-0.4, -0.2) is 29.0 Å². The Balaban J connectivity index is 1.56. The number of allylic oxidation sites excluding steroid dienone is 1. The number of amides is 2. The van der Waals surface area contributed by atoms with Crippen LogP contribution in [0.5, 0.6) is 0 Å². The fourth-order valence-corrected chi connectivity index (χ4v) is 4.71. The minimum atomic E-state index is -0.209. The molecule has 36 heavy (non-hydrogen) atoms. The largest absolute Gasteiger partial charge is 0.295 e. The molecule has 1 aliphatic heterocycles. The second-order valence-electron chi connectivity index (χ2n) is 10.2. The molecule has 0 N–H and O–H groups in total. The normalized spacial score (nSPS) is 12.8. The summed E-state index contributed by atoms with van der Waals surface area (Å²) in [4.78, 5) is 38.6. The van der Waals surface area contributed by atoms with Crippen molar-refractivity contribution in [2.24, 2.45) is 5.41 Å². The van der Waals surface area contributed by atoms with Crippen LogP contribution in [0.2, 0.25) is 0 Å². The maximum Gasteiger partial charge on any atom is 0.261 e. The first kappa shape index (κ1) is 25.1. The molecule has 0 saturated heterocycles. The highest BCUT2D eigenvalue weighted by molar-refractivity contribution is 6.21. The van der Waals surface area contributed by atoms with Gasteiger partial charge in [-0.2, -0.15) is 0 Å². The summed E-state index contributed by atoms with van der Waals surface area (Å²) in [5.41, 5.74) is 9.23. The van der Waals surface area contributed by atoms with Crippen molar-refractivity contribution in [3.8, 4) is 0 Å². The van der Waals surface area contributed by atoms with Gasteiger partial charge in [0.15, 0.2) is 5.78 Å². The van der Waals surface area contributed by atoms with Gasteiger partial charge in [0, 0.05) is 17.7 Å². The van der Waals surface area contributed by atoms with Gasteiger partial charge in [-0.1, -0.05) is 80.6 Å². The zero-order valence-corrected chi connectivity index (χ0v) is 21.3. The van der Waals surface area contributed by atoms with E-state index >= 15 is 0 Å². The molecule has 3 aromatic carbocycles. The molecule has 0 atom stereocenters. The van der Waals surface area contributed by atoms with Crippen LogP contribution in [-0.2, 0) is 0 Å². The lowest BCUT2D eigenvalue weighted by atomic mass is 9.82. The smallest absolute Gasteiger partial charge is 0.261 e. The highest BCUT2D eigenvalue weighted by atomic mass is 16.2. The van der Waals surface area contributed by atoms with Crippen molar-refractivity contribution < 1.29 is 14.4 Å². The average Bonchev–Trinajstić information content (AvgIpc) is 3.11.